The van der Waals surface area contributed by atoms with Gasteiger partial charge in [0.05, 0.1) is 10.5 Å². The minimum Gasteiger partial charge on any atom is -0.294 e. The van der Waals surface area contributed by atoms with Crippen LogP contribution in [-0.2, 0) is 6.42 Å². The number of carbonyl (C=O) groups is 1. The van der Waals surface area contributed by atoms with Gasteiger partial charge >= 0.3 is 0 Å². The molecule has 0 aromatic heterocycles. The Hall–Kier alpha value is -2.49. The summed E-state index contributed by atoms with van der Waals surface area (Å²) in [6.45, 7) is 3.76. The van der Waals surface area contributed by atoms with Crippen LogP contribution in [0.3, 0.4) is 0 Å². The summed E-state index contributed by atoms with van der Waals surface area (Å²) >= 11 is 0. The Kier molecular flexibility index (Phi) is 3.94. The minimum atomic E-state index is -0.511. The Bertz CT molecular complexity index is 677. The van der Waals surface area contributed by atoms with E-state index in [-0.39, 0.29) is 23.5 Å². The number of ketones is 1. The number of benzene rings is 2. The van der Waals surface area contributed by atoms with Gasteiger partial charge in [-0.3, -0.25) is 14.9 Å². The highest BCUT2D eigenvalue weighted by molar-refractivity contribution is 6.01. The van der Waals surface area contributed by atoms with Gasteiger partial charge in [-0.05, 0) is 31.0 Å². The molecule has 102 valence electrons. The van der Waals surface area contributed by atoms with Gasteiger partial charge in [0.15, 0.2) is 5.78 Å². The molecular formula is C16H15NO3. The van der Waals surface area contributed by atoms with E-state index in [2.05, 4.69) is 0 Å². The van der Waals surface area contributed by atoms with Gasteiger partial charge in [-0.25, -0.2) is 0 Å². The molecule has 2 rings (SSSR count). The van der Waals surface area contributed by atoms with E-state index in [0.717, 1.165) is 16.7 Å². The number of nitrogens with zero attached hydrogens (tertiary/aromatic N) is 1. The summed E-state index contributed by atoms with van der Waals surface area (Å²) in [7, 11) is 0. The van der Waals surface area contributed by atoms with Crippen LogP contribution < -0.4 is 0 Å². The van der Waals surface area contributed by atoms with Crippen molar-refractivity contribution in [1.29, 1.82) is 0 Å². The molecule has 0 unspecified atom stereocenters. The molecule has 20 heavy (non-hydrogen) atoms. The first-order chi connectivity index (χ1) is 9.47. The van der Waals surface area contributed by atoms with Crippen LogP contribution in [-0.4, -0.2) is 10.7 Å². The van der Waals surface area contributed by atoms with Crippen LogP contribution in [0.1, 0.15) is 27.0 Å². The van der Waals surface area contributed by atoms with Gasteiger partial charge in [0, 0.05) is 12.5 Å². The van der Waals surface area contributed by atoms with Crippen LogP contribution in [0.5, 0.6) is 0 Å². The monoisotopic (exact) mass is 269 g/mol. The molecule has 0 aliphatic rings. The first-order valence-electron chi connectivity index (χ1n) is 6.31. The highest BCUT2D eigenvalue weighted by atomic mass is 16.6. The molecule has 0 heterocycles. The third-order valence-corrected chi connectivity index (χ3v) is 3.10. The van der Waals surface area contributed by atoms with E-state index >= 15 is 0 Å². The van der Waals surface area contributed by atoms with E-state index in [1.54, 1.807) is 12.1 Å². The summed E-state index contributed by atoms with van der Waals surface area (Å²) in [5.41, 5.74) is 2.81. The molecule has 0 fully saturated rings. The van der Waals surface area contributed by atoms with Crippen molar-refractivity contribution in [3.8, 4) is 0 Å². The lowest BCUT2D eigenvalue weighted by Gasteiger charge is -2.05. The first-order valence-corrected chi connectivity index (χ1v) is 6.31. The lowest BCUT2D eigenvalue weighted by atomic mass is 9.99. The second-order valence-corrected chi connectivity index (χ2v) is 4.87. The van der Waals surface area contributed by atoms with Crippen LogP contribution in [0, 0.1) is 24.0 Å². The smallest absolute Gasteiger partial charge is 0.280 e. The Morgan fingerprint density at radius 3 is 2.45 bits per heavy atom. The van der Waals surface area contributed by atoms with Gasteiger partial charge < -0.3 is 0 Å². The number of nitro groups is 1. The summed E-state index contributed by atoms with van der Waals surface area (Å²) in [6.07, 6.45) is 0.173. The fourth-order valence-electron chi connectivity index (χ4n) is 2.14. The molecule has 2 aromatic rings. The number of nitro benzene ring substituents is 1. The largest absolute Gasteiger partial charge is 0.294 e. The Balaban J connectivity index is 2.34. The number of aryl methyl sites for hydroxylation is 2. The summed E-state index contributed by atoms with van der Waals surface area (Å²) < 4.78 is 0. The molecule has 0 aliphatic carbocycles. The predicted molar refractivity (Wildman–Crippen MR) is 77.0 cm³/mol. The number of hydrogen-bond acceptors (Lipinski definition) is 3. The maximum Gasteiger partial charge on any atom is 0.280 e. The third kappa shape index (κ3) is 3.09. The molecule has 2 aromatic carbocycles. The van der Waals surface area contributed by atoms with Crippen molar-refractivity contribution >= 4 is 11.5 Å². The Morgan fingerprint density at radius 2 is 1.80 bits per heavy atom. The number of Topliss-reactive ketones (excluding diaryl/α,β-unsaturated/α-hetero) is 1. The van der Waals surface area contributed by atoms with Gasteiger partial charge in [-0.2, -0.15) is 0 Å². The number of hydrogen-bond donors (Lipinski definition) is 0. The maximum atomic E-state index is 12.3. The molecule has 0 N–H and O–H groups in total. The molecule has 0 atom stereocenters. The fourth-order valence-corrected chi connectivity index (χ4v) is 2.14. The van der Waals surface area contributed by atoms with Gasteiger partial charge in [-0.15, -0.1) is 0 Å². The molecule has 0 saturated carbocycles. The minimum absolute atomic E-state index is 0.131. The summed E-state index contributed by atoms with van der Waals surface area (Å²) in [5, 5.41) is 11.0. The zero-order valence-electron chi connectivity index (χ0n) is 11.4. The van der Waals surface area contributed by atoms with Crippen molar-refractivity contribution in [2.75, 3.05) is 0 Å². The first kappa shape index (κ1) is 13.9. The van der Waals surface area contributed by atoms with Crippen molar-refractivity contribution in [1.82, 2.24) is 0 Å². The highest BCUT2D eigenvalue weighted by Crippen LogP contribution is 2.22. The lowest BCUT2D eigenvalue weighted by Crippen LogP contribution is -2.07. The quantitative estimate of drug-likeness (QED) is 0.483. The zero-order chi connectivity index (χ0) is 14.7. The normalized spacial score (nSPS) is 10.3. The second kappa shape index (κ2) is 5.65. The molecule has 0 spiro atoms. The van der Waals surface area contributed by atoms with Gasteiger partial charge in [-0.1, -0.05) is 35.9 Å². The highest BCUT2D eigenvalue weighted by Gasteiger charge is 2.20. The van der Waals surface area contributed by atoms with Crippen LogP contribution in [0.2, 0.25) is 0 Å². The van der Waals surface area contributed by atoms with Crippen LogP contribution >= 0.6 is 0 Å². The van der Waals surface area contributed by atoms with Crippen LogP contribution in [0.15, 0.2) is 42.5 Å². The zero-order valence-corrected chi connectivity index (χ0v) is 11.4. The summed E-state index contributed by atoms with van der Waals surface area (Å²) in [4.78, 5) is 22.8. The van der Waals surface area contributed by atoms with Gasteiger partial charge in [0.1, 0.15) is 0 Å². The molecule has 0 aliphatic heterocycles. The lowest BCUT2D eigenvalue weighted by molar-refractivity contribution is -0.385. The SMILES string of the molecule is Cc1cccc(CC(=O)c2cc(C)ccc2[N+](=O)[O-])c1. The molecule has 0 radical (unpaired) electrons. The standard InChI is InChI=1S/C16H15NO3/c1-11-4-3-5-13(8-11)10-16(18)14-9-12(2)6-7-15(14)17(19)20/h3-9H,10H2,1-2H3. The number of carbonyl (C=O) groups excluding carboxylic acids is 1. The molecule has 0 bridgehead atoms. The topological polar surface area (TPSA) is 60.2 Å². The average Bonchev–Trinajstić information content (AvgIpc) is 2.38. The fraction of sp³-hybridized carbons (Fsp3) is 0.188. The third-order valence-electron chi connectivity index (χ3n) is 3.10. The maximum absolute atomic E-state index is 12.3. The summed E-state index contributed by atoms with van der Waals surface area (Å²) in [6, 6.07) is 12.2. The molecule has 4 heteroatoms. The van der Waals surface area contributed by atoms with Crippen molar-refractivity contribution in [3.05, 3.63) is 74.8 Å². The summed E-state index contributed by atoms with van der Waals surface area (Å²) in [5.74, 6) is -0.231. The van der Waals surface area contributed by atoms with Crippen molar-refractivity contribution < 1.29 is 9.72 Å². The molecule has 4 nitrogen and oxygen atoms in total. The van der Waals surface area contributed by atoms with E-state index in [0.29, 0.717) is 0 Å². The van der Waals surface area contributed by atoms with Gasteiger partial charge in [0.2, 0.25) is 0 Å². The Labute approximate surface area is 117 Å². The van der Waals surface area contributed by atoms with E-state index in [4.69, 9.17) is 0 Å². The van der Waals surface area contributed by atoms with E-state index < -0.39 is 4.92 Å². The predicted octanol–water partition coefficient (Wildman–Crippen LogP) is 3.64. The molecule has 0 saturated heterocycles. The Morgan fingerprint density at radius 1 is 1.10 bits per heavy atom. The van der Waals surface area contributed by atoms with E-state index in [1.165, 1.54) is 6.07 Å². The second-order valence-electron chi connectivity index (χ2n) is 4.87. The average molecular weight is 269 g/mol. The van der Waals surface area contributed by atoms with Crippen LogP contribution in [0.25, 0.3) is 0 Å². The molecular weight excluding hydrogens is 254 g/mol. The van der Waals surface area contributed by atoms with Crippen molar-refractivity contribution in [3.63, 3.8) is 0 Å². The van der Waals surface area contributed by atoms with Gasteiger partial charge in [0.25, 0.3) is 5.69 Å². The molecule has 0 amide bonds. The number of rotatable bonds is 4. The van der Waals surface area contributed by atoms with Crippen LogP contribution in [0.4, 0.5) is 5.69 Å². The van der Waals surface area contributed by atoms with E-state index in [9.17, 15) is 14.9 Å². The van der Waals surface area contributed by atoms with Crippen molar-refractivity contribution in [2.45, 2.75) is 20.3 Å². The van der Waals surface area contributed by atoms with Crippen molar-refractivity contribution in [2.24, 2.45) is 0 Å². The van der Waals surface area contributed by atoms with E-state index in [1.807, 2.05) is 38.1 Å².